The zero-order valence-electron chi connectivity index (χ0n) is 24.9. The van der Waals surface area contributed by atoms with Crippen molar-refractivity contribution in [1.82, 2.24) is 21.3 Å². The third-order valence-electron chi connectivity index (χ3n) is 9.27. The fourth-order valence-corrected chi connectivity index (χ4v) is 6.72. The molecule has 0 radical (unpaired) electrons. The standard InChI is InChI=1S/C29H51N5O7/c1-17-6-4-5-7-22(17)34-29(39)32-20-11-9-19(10-12-20)31-26(35)15-21(30)28(38)33-23(16-27(36)37)18-8-13-24(40-2)25(14-18)41-3/h17-25H,4-16,30H2,1-3H3,(H,31,35)(H,33,38)(H,36,37)(H2,32,34,39)/t17?,18?,19?,20?,21?,22?,23-,24?,25?/m0/s1. The molecule has 3 saturated carbocycles. The summed E-state index contributed by atoms with van der Waals surface area (Å²) in [6, 6.07) is -1.57. The maximum absolute atomic E-state index is 12.9. The van der Waals surface area contributed by atoms with Crippen molar-refractivity contribution in [3.63, 3.8) is 0 Å². The van der Waals surface area contributed by atoms with Gasteiger partial charge in [0.2, 0.25) is 11.8 Å². The van der Waals surface area contributed by atoms with Gasteiger partial charge in [0.1, 0.15) is 0 Å². The highest BCUT2D eigenvalue weighted by atomic mass is 16.5. The minimum absolute atomic E-state index is 0.0426. The van der Waals surface area contributed by atoms with Crippen LogP contribution in [0.2, 0.25) is 0 Å². The Morgan fingerprint density at radius 3 is 2.07 bits per heavy atom. The van der Waals surface area contributed by atoms with Gasteiger partial charge in [0, 0.05) is 38.4 Å². The van der Waals surface area contributed by atoms with E-state index in [1.165, 1.54) is 6.42 Å². The maximum Gasteiger partial charge on any atom is 0.315 e. The van der Waals surface area contributed by atoms with Gasteiger partial charge >= 0.3 is 12.0 Å². The van der Waals surface area contributed by atoms with Gasteiger partial charge in [0.05, 0.1) is 31.1 Å². The number of rotatable bonds is 12. The minimum atomic E-state index is -1.09. The van der Waals surface area contributed by atoms with Gasteiger partial charge in [-0.05, 0) is 69.6 Å². The molecule has 0 saturated heterocycles. The number of carboxylic acid groups (broad SMARTS) is 1. The van der Waals surface area contributed by atoms with Crippen LogP contribution in [-0.2, 0) is 23.9 Å². The van der Waals surface area contributed by atoms with Gasteiger partial charge in [-0.3, -0.25) is 14.4 Å². The molecule has 4 amide bonds. The Morgan fingerprint density at radius 1 is 0.829 bits per heavy atom. The zero-order chi connectivity index (χ0) is 29.9. The summed E-state index contributed by atoms with van der Waals surface area (Å²) < 4.78 is 11.0. The number of carboxylic acids is 1. The molecule has 0 aromatic rings. The molecule has 3 aliphatic rings. The van der Waals surface area contributed by atoms with Gasteiger partial charge in [-0.15, -0.1) is 0 Å². The topological polar surface area (TPSA) is 181 Å². The number of nitrogens with two attached hydrogens (primary N) is 1. The molecule has 0 aliphatic heterocycles. The molecule has 7 atom stereocenters. The Labute approximate surface area is 243 Å². The molecular formula is C29H51N5O7. The number of urea groups is 1. The largest absolute Gasteiger partial charge is 0.481 e. The van der Waals surface area contributed by atoms with Crippen molar-refractivity contribution in [3.05, 3.63) is 0 Å². The monoisotopic (exact) mass is 581 g/mol. The van der Waals surface area contributed by atoms with Crippen molar-refractivity contribution in [1.29, 1.82) is 0 Å². The molecule has 12 heteroatoms. The highest BCUT2D eigenvalue weighted by Crippen LogP contribution is 2.31. The second-order valence-corrected chi connectivity index (χ2v) is 12.2. The first-order valence-electron chi connectivity index (χ1n) is 15.3. The molecule has 41 heavy (non-hydrogen) atoms. The van der Waals surface area contributed by atoms with Crippen LogP contribution in [0.25, 0.3) is 0 Å². The van der Waals surface area contributed by atoms with Crippen molar-refractivity contribution in [3.8, 4) is 0 Å². The fourth-order valence-electron chi connectivity index (χ4n) is 6.72. The number of methoxy groups -OCH3 is 2. The van der Waals surface area contributed by atoms with Crippen LogP contribution in [0.1, 0.15) is 90.4 Å². The third kappa shape index (κ3) is 10.4. The Hall–Kier alpha value is -2.44. The third-order valence-corrected chi connectivity index (χ3v) is 9.27. The summed E-state index contributed by atoms with van der Waals surface area (Å²) in [5, 5.41) is 21.4. The van der Waals surface area contributed by atoms with Crippen LogP contribution in [0.4, 0.5) is 4.79 Å². The van der Waals surface area contributed by atoms with E-state index in [1.807, 2.05) is 0 Å². The van der Waals surface area contributed by atoms with E-state index in [4.69, 9.17) is 15.2 Å². The second kappa shape index (κ2) is 16.3. The normalized spacial score (nSPS) is 31.8. The summed E-state index contributed by atoms with van der Waals surface area (Å²) in [6.45, 7) is 2.19. The molecule has 6 unspecified atom stereocenters. The number of hydrogen-bond donors (Lipinski definition) is 6. The van der Waals surface area contributed by atoms with Crippen molar-refractivity contribution in [2.24, 2.45) is 17.6 Å². The first-order valence-corrected chi connectivity index (χ1v) is 15.3. The lowest BCUT2D eigenvalue weighted by atomic mass is 9.79. The molecule has 3 aliphatic carbocycles. The van der Waals surface area contributed by atoms with E-state index >= 15 is 0 Å². The Balaban J connectivity index is 1.39. The maximum atomic E-state index is 12.9. The van der Waals surface area contributed by atoms with Crippen LogP contribution in [0.15, 0.2) is 0 Å². The van der Waals surface area contributed by atoms with E-state index in [0.717, 1.165) is 44.9 Å². The van der Waals surface area contributed by atoms with Gasteiger partial charge < -0.3 is 41.6 Å². The molecule has 0 spiro atoms. The van der Waals surface area contributed by atoms with Gasteiger partial charge in [0.15, 0.2) is 0 Å². The van der Waals surface area contributed by atoms with Crippen LogP contribution in [-0.4, -0.2) is 85.6 Å². The first-order chi connectivity index (χ1) is 19.6. The van der Waals surface area contributed by atoms with E-state index in [1.54, 1.807) is 14.2 Å². The summed E-state index contributed by atoms with van der Waals surface area (Å²) in [4.78, 5) is 49.6. The predicted octanol–water partition coefficient (Wildman–Crippen LogP) is 1.80. The minimum Gasteiger partial charge on any atom is -0.481 e. The van der Waals surface area contributed by atoms with Gasteiger partial charge in [-0.25, -0.2) is 4.79 Å². The molecule has 3 rings (SSSR count). The highest BCUT2D eigenvalue weighted by molar-refractivity contribution is 5.88. The number of aliphatic carboxylic acids is 1. The number of amides is 4. The van der Waals surface area contributed by atoms with Crippen molar-refractivity contribution in [2.75, 3.05) is 14.2 Å². The average molecular weight is 582 g/mol. The lowest BCUT2D eigenvalue weighted by Gasteiger charge is -2.38. The molecule has 0 aromatic carbocycles. The molecule has 3 fully saturated rings. The van der Waals surface area contributed by atoms with E-state index < -0.39 is 24.0 Å². The SMILES string of the molecule is COC1CCC([C@H](CC(=O)O)NC(=O)C(N)CC(=O)NC2CCC(NC(=O)NC3CCCCC3C)CC2)CC1OC. The smallest absolute Gasteiger partial charge is 0.315 e. The van der Waals surface area contributed by atoms with E-state index in [9.17, 15) is 24.3 Å². The molecule has 0 heterocycles. The Morgan fingerprint density at radius 2 is 1.46 bits per heavy atom. The van der Waals surface area contributed by atoms with E-state index in [0.29, 0.717) is 25.2 Å². The van der Waals surface area contributed by atoms with Gasteiger partial charge in [0.25, 0.3) is 0 Å². The highest BCUT2D eigenvalue weighted by Gasteiger charge is 2.37. The molecular weight excluding hydrogens is 530 g/mol. The molecule has 0 aromatic heterocycles. The molecule has 234 valence electrons. The average Bonchev–Trinajstić information content (AvgIpc) is 2.94. The quantitative estimate of drug-likeness (QED) is 0.202. The van der Waals surface area contributed by atoms with Crippen LogP contribution >= 0.6 is 0 Å². The summed E-state index contributed by atoms with van der Waals surface area (Å²) in [5.74, 6) is -1.49. The Bertz CT molecular complexity index is 882. The number of carbonyl (C=O) groups excluding carboxylic acids is 3. The van der Waals surface area contributed by atoms with Crippen molar-refractivity contribution < 1.29 is 33.8 Å². The summed E-state index contributed by atoms with van der Waals surface area (Å²) in [5.41, 5.74) is 6.07. The zero-order valence-corrected chi connectivity index (χ0v) is 24.9. The molecule has 12 nitrogen and oxygen atoms in total. The van der Waals surface area contributed by atoms with Crippen LogP contribution in [0.5, 0.6) is 0 Å². The van der Waals surface area contributed by atoms with E-state index in [2.05, 4.69) is 28.2 Å². The van der Waals surface area contributed by atoms with Gasteiger partial charge in [-0.1, -0.05) is 19.8 Å². The number of nitrogens with one attached hydrogen (secondary N) is 4. The molecule has 0 bridgehead atoms. The predicted molar refractivity (Wildman–Crippen MR) is 153 cm³/mol. The number of carbonyl (C=O) groups is 4. The first kappa shape index (κ1) is 33.1. The van der Waals surface area contributed by atoms with Crippen LogP contribution in [0, 0.1) is 11.8 Å². The fraction of sp³-hybridized carbons (Fsp3) is 0.862. The molecule has 7 N–H and O–H groups in total. The lowest BCUT2D eigenvalue weighted by molar-refractivity contribution is -0.139. The Kier molecular flexibility index (Phi) is 13.1. The van der Waals surface area contributed by atoms with Crippen molar-refractivity contribution in [2.45, 2.75) is 133 Å². The van der Waals surface area contributed by atoms with Crippen LogP contribution in [0.3, 0.4) is 0 Å². The number of hydrogen-bond acceptors (Lipinski definition) is 7. The second-order valence-electron chi connectivity index (χ2n) is 12.2. The number of ether oxygens (including phenoxy) is 2. The summed E-state index contributed by atoms with van der Waals surface area (Å²) in [7, 11) is 3.22. The van der Waals surface area contributed by atoms with Crippen molar-refractivity contribution >= 4 is 23.8 Å². The lowest BCUT2D eigenvalue weighted by Crippen LogP contribution is -2.53. The van der Waals surface area contributed by atoms with Crippen LogP contribution < -0.4 is 27.0 Å². The summed E-state index contributed by atoms with van der Waals surface area (Å²) >= 11 is 0. The summed E-state index contributed by atoms with van der Waals surface area (Å²) in [6.07, 6.45) is 8.77. The van der Waals surface area contributed by atoms with E-state index in [-0.39, 0.29) is 61.0 Å². The van der Waals surface area contributed by atoms with Gasteiger partial charge in [-0.2, -0.15) is 0 Å².